The van der Waals surface area contributed by atoms with E-state index in [1.165, 1.54) is 11.8 Å². The van der Waals surface area contributed by atoms with Gasteiger partial charge < -0.3 is 19.5 Å². The first-order valence-electron chi connectivity index (χ1n) is 5.86. The molecule has 1 aromatic carbocycles. The normalized spacial score (nSPS) is 15.1. The molecule has 18 heavy (non-hydrogen) atoms. The minimum Gasteiger partial charge on any atom is -0.486 e. The van der Waals surface area contributed by atoms with Crippen LogP contribution in [0.5, 0.6) is 11.5 Å². The molecule has 1 heterocycles. The molecule has 1 unspecified atom stereocenters. The van der Waals surface area contributed by atoms with Crippen molar-refractivity contribution in [3.8, 4) is 11.5 Å². The number of rotatable bonds is 2. The van der Waals surface area contributed by atoms with Gasteiger partial charge >= 0.3 is 0 Å². The van der Waals surface area contributed by atoms with Gasteiger partial charge in [-0.15, -0.1) is 0 Å². The van der Waals surface area contributed by atoms with Crippen LogP contribution in [0.1, 0.15) is 12.5 Å². The van der Waals surface area contributed by atoms with E-state index in [1.54, 1.807) is 13.1 Å². The monoisotopic (exact) mass is 251 g/mol. The van der Waals surface area contributed by atoms with Gasteiger partial charge in [-0.3, -0.25) is 4.79 Å². The van der Waals surface area contributed by atoms with Gasteiger partial charge in [0, 0.05) is 13.1 Å². The van der Waals surface area contributed by atoms with Crippen molar-refractivity contribution in [2.75, 3.05) is 25.2 Å². The first-order valence-corrected chi connectivity index (χ1v) is 5.86. The molecule has 1 atom stereocenters. The van der Waals surface area contributed by atoms with E-state index in [0.29, 0.717) is 30.4 Å². The Kier molecular flexibility index (Phi) is 3.43. The number of hydrogen-bond acceptors (Lipinski definition) is 4. The molecule has 0 radical (unpaired) electrons. The Morgan fingerprint density at radius 2 is 1.89 bits per heavy atom. The van der Waals surface area contributed by atoms with E-state index in [2.05, 4.69) is 0 Å². The fourth-order valence-electron chi connectivity index (χ4n) is 1.94. The van der Waals surface area contributed by atoms with Gasteiger partial charge in [0.25, 0.3) is 5.91 Å². The molecule has 1 aromatic rings. The Morgan fingerprint density at radius 1 is 1.33 bits per heavy atom. The van der Waals surface area contributed by atoms with Gasteiger partial charge in [0.2, 0.25) is 0 Å². The topological polar surface area (TPSA) is 59.0 Å². The highest BCUT2D eigenvalue weighted by Gasteiger charge is 2.21. The summed E-state index contributed by atoms with van der Waals surface area (Å²) in [5.74, 6) is 0.974. The Hall–Kier alpha value is -1.75. The molecule has 1 aliphatic rings. The lowest BCUT2D eigenvalue weighted by atomic mass is 10.1. The maximum atomic E-state index is 11.8. The molecule has 5 heteroatoms. The molecule has 0 saturated heterocycles. The van der Waals surface area contributed by atoms with E-state index < -0.39 is 6.10 Å². The number of aliphatic hydroxyl groups excluding tert-OH is 1. The number of benzene rings is 1. The third kappa shape index (κ3) is 2.26. The molecular formula is C13H17NO4. The Bertz CT molecular complexity index is 470. The van der Waals surface area contributed by atoms with Crippen LogP contribution in [-0.4, -0.2) is 37.4 Å². The highest BCUT2D eigenvalue weighted by molar-refractivity contribution is 5.96. The van der Waals surface area contributed by atoms with Crippen molar-refractivity contribution in [2.24, 2.45) is 0 Å². The molecule has 0 aromatic heterocycles. The van der Waals surface area contributed by atoms with Crippen LogP contribution in [0.3, 0.4) is 0 Å². The molecule has 0 spiro atoms. The fraction of sp³-hybridized carbons (Fsp3) is 0.462. The Balaban J connectivity index is 2.36. The number of ether oxygens (including phenoxy) is 2. The summed E-state index contributed by atoms with van der Waals surface area (Å²) in [6.45, 7) is 4.38. The van der Waals surface area contributed by atoms with Crippen LogP contribution in [0, 0.1) is 6.92 Å². The summed E-state index contributed by atoms with van der Waals surface area (Å²) in [6, 6.07) is 3.61. The van der Waals surface area contributed by atoms with Crippen molar-refractivity contribution >= 4 is 11.6 Å². The van der Waals surface area contributed by atoms with E-state index in [-0.39, 0.29) is 5.91 Å². The predicted octanol–water partition coefficient (Wildman–Crippen LogP) is 1.11. The van der Waals surface area contributed by atoms with Crippen molar-refractivity contribution in [3.05, 3.63) is 17.7 Å². The number of carbonyl (C=O) groups excluding carboxylic acids is 1. The lowest BCUT2D eigenvalue weighted by molar-refractivity contribution is -0.125. The van der Waals surface area contributed by atoms with E-state index >= 15 is 0 Å². The largest absolute Gasteiger partial charge is 0.486 e. The predicted molar refractivity (Wildman–Crippen MR) is 67.3 cm³/mol. The highest BCUT2D eigenvalue weighted by atomic mass is 16.6. The Morgan fingerprint density at radius 3 is 2.44 bits per heavy atom. The second-order valence-corrected chi connectivity index (χ2v) is 4.36. The number of aryl methyl sites for hydroxylation is 1. The maximum absolute atomic E-state index is 11.8. The van der Waals surface area contributed by atoms with Gasteiger partial charge in [-0.1, -0.05) is 0 Å². The Labute approximate surface area is 106 Å². The molecule has 0 bridgehead atoms. The summed E-state index contributed by atoms with van der Waals surface area (Å²) >= 11 is 0. The van der Waals surface area contributed by atoms with Crippen LogP contribution in [-0.2, 0) is 4.79 Å². The van der Waals surface area contributed by atoms with Crippen LogP contribution < -0.4 is 14.4 Å². The molecule has 1 aliphatic heterocycles. The number of hydrogen-bond donors (Lipinski definition) is 1. The molecule has 2 rings (SSSR count). The molecule has 0 fully saturated rings. The van der Waals surface area contributed by atoms with Crippen molar-refractivity contribution < 1.29 is 19.4 Å². The van der Waals surface area contributed by atoms with E-state index in [9.17, 15) is 9.90 Å². The number of fused-ring (bicyclic) bond motifs is 1. The van der Waals surface area contributed by atoms with Gasteiger partial charge in [-0.25, -0.2) is 0 Å². The zero-order valence-corrected chi connectivity index (χ0v) is 10.8. The smallest absolute Gasteiger partial charge is 0.255 e. The van der Waals surface area contributed by atoms with Crippen LogP contribution in [0.2, 0.25) is 0 Å². The SMILES string of the molecule is Cc1cc2c(cc1N(C)C(=O)C(C)O)OCCO2. The third-order valence-electron chi connectivity index (χ3n) is 2.91. The lowest BCUT2D eigenvalue weighted by Gasteiger charge is -2.25. The molecule has 98 valence electrons. The quantitative estimate of drug-likeness (QED) is 0.855. The van der Waals surface area contributed by atoms with Crippen LogP contribution in [0.25, 0.3) is 0 Å². The van der Waals surface area contributed by atoms with Gasteiger partial charge in [-0.05, 0) is 25.5 Å². The molecular weight excluding hydrogens is 234 g/mol. The van der Waals surface area contributed by atoms with Gasteiger partial charge in [0.05, 0.1) is 5.69 Å². The van der Waals surface area contributed by atoms with Gasteiger partial charge in [0.15, 0.2) is 11.5 Å². The number of carbonyl (C=O) groups is 1. The zero-order valence-electron chi connectivity index (χ0n) is 10.8. The molecule has 1 N–H and O–H groups in total. The summed E-state index contributed by atoms with van der Waals surface area (Å²) in [5.41, 5.74) is 1.61. The molecule has 0 aliphatic carbocycles. The number of aliphatic hydroxyl groups is 1. The maximum Gasteiger partial charge on any atom is 0.255 e. The van der Waals surface area contributed by atoms with E-state index in [1.807, 2.05) is 13.0 Å². The molecule has 1 amide bonds. The second kappa shape index (κ2) is 4.86. The van der Waals surface area contributed by atoms with Crippen molar-refractivity contribution in [3.63, 3.8) is 0 Å². The minimum atomic E-state index is -1.03. The average Bonchev–Trinajstić information content (AvgIpc) is 2.36. The number of likely N-dealkylation sites (N-methyl/N-ethyl adjacent to an activating group) is 1. The summed E-state index contributed by atoms with van der Waals surface area (Å²) in [7, 11) is 1.63. The van der Waals surface area contributed by atoms with Crippen molar-refractivity contribution in [2.45, 2.75) is 20.0 Å². The minimum absolute atomic E-state index is 0.352. The third-order valence-corrected chi connectivity index (χ3v) is 2.91. The zero-order chi connectivity index (χ0) is 13.3. The molecule has 0 saturated carbocycles. The van der Waals surface area contributed by atoms with E-state index in [4.69, 9.17) is 9.47 Å². The van der Waals surface area contributed by atoms with Gasteiger partial charge in [0.1, 0.15) is 19.3 Å². The second-order valence-electron chi connectivity index (χ2n) is 4.36. The van der Waals surface area contributed by atoms with Crippen LogP contribution >= 0.6 is 0 Å². The average molecular weight is 251 g/mol. The first kappa shape index (κ1) is 12.7. The lowest BCUT2D eigenvalue weighted by Crippen LogP contribution is -2.35. The summed E-state index contributed by atoms with van der Waals surface area (Å²) in [4.78, 5) is 13.2. The summed E-state index contributed by atoms with van der Waals surface area (Å²) in [5, 5.41) is 9.33. The fourth-order valence-corrected chi connectivity index (χ4v) is 1.94. The number of nitrogens with zero attached hydrogens (tertiary/aromatic N) is 1. The molecule has 5 nitrogen and oxygen atoms in total. The van der Waals surface area contributed by atoms with Gasteiger partial charge in [-0.2, -0.15) is 0 Å². The van der Waals surface area contributed by atoms with Crippen molar-refractivity contribution in [1.82, 2.24) is 0 Å². The highest BCUT2D eigenvalue weighted by Crippen LogP contribution is 2.36. The standard InChI is InChI=1S/C13H17NO4/c1-8-6-11-12(18-5-4-17-11)7-10(8)14(3)13(16)9(2)15/h6-7,9,15H,4-5H2,1-3H3. The summed E-state index contributed by atoms with van der Waals surface area (Å²) < 4.78 is 11.0. The summed E-state index contributed by atoms with van der Waals surface area (Å²) in [6.07, 6.45) is -1.03. The van der Waals surface area contributed by atoms with Crippen LogP contribution in [0.15, 0.2) is 12.1 Å². The van der Waals surface area contributed by atoms with Crippen molar-refractivity contribution in [1.29, 1.82) is 0 Å². The number of anilines is 1. The van der Waals surface area contributed by atoms with E-state index in [0.717, 1.165) is 5.56 Å². The van der Waals surface area contributed by atoms with Crippen LogP contribution in [0.4, 0.5) is 5.69 Å². The number of amides is 1. The first-order chi connectivity index (χ1) is 8.50.